The average molecular weight is 364 g/mol. The Labute approximate surface area is 136 Å². The maximum Gasteiger partial charge on any atom is 0.0496 e. The van der Waals surface area contributed by atoms with Crippen molar-refractivity contribution in [1.82, 2.24) is 0 Å². The van der Waals surface area contributed by atoms with E-state index in [0.29, 0.717) is 0 Å². The molecule has 0 fully saturated rings. The number of hydrogen-bond acceptors (Lipinski definition) is 1. The van der Waals surface area contributed by atoms with Gasteiger partial charge in [0, 0.05) is 20.0 Å². The molecule has 0 amide bonds. The fourth-order valence-corrected chi connectivity index (χ4v) is 3.87. The molecular weight excluding hydrogens is 352 g/mol. The lowest BCUT2D eigenvalue weighted by molar-refractivity contribution is 1.44. The van der Waals surface area contributed by atoms with Crippen LogP contribution < -0.4 is 0 Å². The largest absolute Gasteiger partial charge is 0.129 e. The molecule has 0 aliphatic heterocycles. The Balaban J connectivity index is 2.32. The summed E-state index contributed by atoms with van der Waals surface area (Å²) < 4.78 is 1.07. The van der Waals surface area contributed by atoms with Crippen molar-refractivity contribution in [2.45, 2.75) is 4.90 Å². The molecule has 0 heterocycles. The highest BCUT2D eigenvalue weighted by Gasteiger charge is 2.13. The molecule has 0 saturated heterocycles. The third-order valence-electron chi connectivity index (χ3n) is 3.30. The fourth-order valence-electron chi connectivity index (χ4n) is 2.34. The lowest BCUT2D eigenvalue weighted by Crippen LogP contribution is -1.86. The van der Waals surface area contributed by atoms with E-state index in [0.717, 1.165) is 20.6 Å². The fraction of sp³-hybridized carbons (Fsp3) is 0.0588. The van der Waals surface area contributed by atoms with Crippen molar-refractivity contribution >= 4 is 50.1 Å². The third-order valence-corrected chi connectivity index (χ3v) is 5.05. The van der Waals surface area contributed by atoms with Crippen LogP contribution in [0.1, 0.15) is 0 Å². The predicted molar refractivity (Wildman–Crippen MR) is 93.9 cm³/mol. The molecule has 3 aromatic carbocycles. The first-order valence-corrected chi connectivity index (χ1v) is 8.61. The van der Waals surface area contributed by atoms with Gasteiger partial charge in [0.15, 0.2) is 0 Å². The highest BCUT2D eigenvalue weighted by Crippen LogP contribution is 2.41. The normalized spacial score (nSPS) is 10.9. The number of fused-ring (bicyclic) bond motifs is 1. The first-order chi connectivity index (χ1) is 9.70. The van der Waals surface area contributed by atoms with Gasteiger partial charge in [-0.1, -0.05) is 57.9 Å². The molecule has 0 aliphatic rings. The summed E-state index contributed by atoms with van der Waals surface area (Å²) in [6, 6.07) is 18.7. The van der Waals surface area contributed by atoms with Gasteiger partial charge in [-0.15, -0.1) is 11.8 Å². The zero-order valence-electron chi connectivity index (χ0n) is 10.9. The molecule has 0 aromatic heterocycles. The second-order valence-electron chi connectivity index (χ2n) is 4.50. The van der Waals surface area contributed by atoms with Crippen LogP contribution >= 0.6 is 39.3 Å². The summed E-state index contributed by atoms with van der Waals surface area (Å²) >= 11 is 11.8. The molecule has 100 valence electrons. The minimum atomic E-state index is 0.785. The Morgan fingerprint density at radius 3 is 2.35 bits per heavy atom. The van der Waals surface area contributed by atoms with E-state index in [1.165, 1.54) is 15.7 Å². The molecule has 0 nitrogen and oxygen atoms in total. The van der Waals surface area contributed by atoms with Crippen molar-refractivity contribution in [2.24, 2.45) is 0 Å². The van der Waals surface area contributed by atoms with Gasteiger partial charge in [-0.25, -0.2) is 0 Å². The van der Waals surface area contributed by atoms with Crippen molar-refractivity contribution in [3.63, 3.8) is 0 Å². The minimum Gasteiger partial charge on any atom is -0.129 e. The molecular formula is C17H12BrClS. The van der Waals surface area contributed by atoms with Crippen LogP contribution in [0.2, 0.25) is 5.02 Å². The topological polar surface area (TPSA) is 0 Å². The van der Waals surface area contributed by atoms with Gasteiger partial charge < -0.3 is 0 Å². The quantitative estimate of drug-likeness (QED) is 0.460. The molecule has 0 atom stereocenters. The summed E-state index contributed by atoms with van der Waals surface area (Å²) in [6.45, 7) is 0. The summed E-state index contributed by atoms with van der Waals surface area (Å²) in [5.74, 6) is 0. The summed E-state index contributed by atoms with van der Waals surface area (Å²) in [7, 11) is 0. The van der Waals surface area contributed by atoms with Crippen LogP contribution in [0.25, 0.3) is 21.9 Å². The summed E-state index contributed by atoms with van der Waals surface area (Å²) in [5, 5.41) is 3.23. The number of halogens is 2. The average Bonchev–Trinajstić information content (AvgIpc) is 2.46. The molecule has 20 heavy (non-hydrogen) atoms. The second-order valence-corrected chi connectivity index (χ2v) is 6.61. The standard InChI is InChI=1S/C17H12BrClS/c1-20-16-8-4-7-15(19)17(16)13-9-11-5-2-3-6-12(11)10-14(13)18/h2-10H,1H3. The van der Waals surface area contributed by atoms with Crippen molar-refractivity contribution < 1.29 is 0 Å². The van der Waals surface area contributed by atoms with E-state index >= 15 is 0 Å². The van der Waals surface area contributed by atoms with E-state index in [1.807, 2.05) is 12.1 Å². The van der Waals surface area contributed by atoms with Gasteiger partial charge in [-0.05, 0) is 46.9 Å². The summed E-state index contributed by atoms with van der Waals surface area (Å²) in [4.78, 5) is 1.19. The second kappa shape index (κ2) is 5.80. The molecule has 0 saturated carbocycles. The molecule has 3 rings (SSSR count). The number of hydrogen-bond donors (Lipinski definition) is 0. The highest BCUT2D eigenvalue weighted by molar-refractivity contribution is 9.10. The smallest absolute Gasteiger partial charge is 0.0496 e. The maximum absolute atomic E-state index is 6.43. The van der Waals surface area contributed by atoms with Crippen molar-refractivity contribution in [1.29, 1.82) is 0 Å². The van der Waals surface area contributed by atoms with Gasteiger partial charge in [0.05, 0.1) is 0 Å². The lowest BCUT2D eigenvalue weighted by atomic mass is 10.0. The van der Waals surface area contributed by atoms with E-state index in [-0.39, 0.29) is 0 Å². The molecule has 0 aliphatic carbocycles. The molecule has 3 heteroatoms. The SMILES string of the molecule is CSc1cccc(Cl)c1-c1cc2ccccc2cc1Br. The van der Waals surface area contributed by atoms with Gasteiger partial charge in [-0.2, -0.15) is 0 Å². The summed E-state index contributed by atoms with van der Waals surface area (Å²) in [5.41, 5.74) is 2.23. The van der Waals surface area contributed by atoms with Crippen LogP contribution in [0.4, 0.5) is 0 Å². The van der Waals surface area contributed by atoms with Crippen LogP contribution in [0, 0.1) is 0 Å². The maximum atomic E-state index is 6.43. The van der Waals surface area contributed by atoms with Gasteiger partial charge in [-0.3, -0.25) is 0 Å². The van der Waals surface area contributed by atoms with E-state index in [2.05, 4.69) is 64.7 Å². The Bertz CT molecular complexity index is 783. The molecule has 0 spiro atoms. The van der Waals surface area contributed by atoms with Crippen molar-refractivity contribution in [3.05, 3.63) is 64.1 Å². The lowest BCUT2D eigenvalue weighted by Gasteiger charge is -2.13. The first-order valence-electron chi connectivity index (χ1n) is 6.22. The Morgan fingerprint density at radius 2 is 1.65 bits per heavy atom. The van der Waals surface area contributed by atoms with Crippen LogP contribution in [0.3, 0.4) is 0 Å². The van der Waals surface area contributed by atoms with Crippen molar-refractivity contribution in [3.8, 4) is 11.1 Å². The molecule has 0 unspecified atom stereocenters. The van der Waals surface area contributed by atoms with Gasteiger partial charge >= 0.3 is 0 Å². The summed E-state index contributed by atoms with van der Waals surface area (Å²) in [6.07, 6.45) is 2.07. The number of rotatable bonds is 2. The van der Waals surface area contributed by atoms with Crippen LogP contribution in [0.15, 0.2) is 64.0 Å². The zero-order chi connectivity index (χ0) is 14.1. The number of thioether (sulfide) groups is 1. The Kier molecular flexibility index (Phi) is 4.06. The van der Waals surface area contributed by atoms with Crippen LogP contribution in [-0.4, -0.2) is 6.26 Å². The van der Waals surface area contributed by atoms with E-state index in [4.69, 9.17) is 11.6 Å². The molecule has 0 bridgehead atoms. The first kappa shape index (κ1) is 14.0. The van der Waals surface area contributed by atoms with Gasteiger partial charge in [0.25, 0.3) is 0 Å². The molecule has 0 N–H and O–H groups in total. The monoisotopic (exact) mass is 362 g/mol. The zero-order valence-corrected chi connectivity index (χ0v) is 14.0. The van der Waals surface area contributed by atoms with E-state index < -0.39 is 0 Å². The van der Waals surface area contributed by atoms with Gasteiger partial charge in [0.1, 0.15) is 0 Å². The minimum absolute atomic E-state index is 0.785. The van der Waals surface area contributed by atoms with Crippen molar-refractivity contribution in [2.75, 3.05) is 6.26 Å². The van der Waals surface area contributed by atoms with E-state index in [1.54, 1.807) is 11.8 Å². The Hall–Kier alpha value is -0.960. The molecule has 0 radical (unpaired) electrons. The third kappa shape index (κ3) is 2.48. The highest BCUT2D eigenvalue weighted by atomic mass is 79.9. The number of benzene rings is 3. The van der Waals surface area contributed by atoms with E-state index in [9.17, 15) is 0 Å². The predicted octanol–water partition coefficient (Wildman–Crippen LogP) is 6.64. The van der Waals surface area contributed by atoms with Gasteiger partial charge in [0.2, 0.25) is 0 Å². The van der Waals surface area contributed by atoms with Crippen LogP contribution in [0.5, 0.6) is 0 Å². The molecule has 3 aromatic rings. The Morgan fingerprint density at radius 1 is 0.950 bits per heavy atom. The van der Waals surface area contributed by atoms with Crippen LogP contribution in [-0.2, 0) is 0 Å².